The van der Waals surface area contributed by atoms with Crippen LogP contribution in [0.25, 0.3) is 0 Å². The highest BCUT2D eigenvalue weighted by molar-refractivity contribution is 6.00. The van der Waals surface area contributed by atoms with Gasteiger partial charge in [0.05, 0.1) is 18.7 Å². The molecule has 3 heterocycles. The van der Waals surface area contributed by atoms with Gasteiger partial charge in [-0.3, -0.25) is 67.1 Å². The average molecular weight is 1470 g/mol. The number of nitrogens with one attached hydrogen (secondary N) is 3. The molecule has 104 heavy (non-hydrogen) atoms. The summed E-state index contributed by atoms with van der Waals surface area (Å²) in [6.07, 6.45) is -4.41. The van der Waals surface area contributed by atoms with Crippen LogP contribution in [-0.2, 0) is 82.2 Å². The Balaban J connectivity index is 2.03. The van der Waals surface area contributed by atoms with Crippen molar-refractivity contribution in [3.8, 4) is 0 Å². The molecule has 12 amide bonds. The molecule has 31 heteroatoms. The second kappa shape index (κ2) is 35.5. The number of benzene rings is 1. The van der Waals surface area contributed by atoms with Gasteiger partial charge in [-0.1, -0.05) is 121 Å². The van der Waals surface area contributed by atoms with E-state index in [0.29, 0.717) is 29.0 Å². The van der Waals surface area contributed by atoms with Crippen molar-refractivity contribution >= 4 is 88.5 Å². The summed E-state index contributed by atoms with van der Waals surface area (Å²) in [6.45, 7) is 26.2. The predicted molar refractivity (Wildman–Crippen MR) is 385 cm³/mol. The highest BCUT2D eigenvalue weighted by atomic mass is 16.6. The Labute approximate surface area is 613 Å². The third-order valence-corrected chi connectivity index (χ3v) is 21.0. The van der Waals surface area contributed by atoms with Gasteiger partial charge in [0.25, 0.3) is 12.1 Å². The van der Waals surface area contributed by atoms with Gasteiger partial charge >= 0.3 is 11.9 Å². The van der Waals surface area contributed by atoms with Gasteiger partial charge in [-0.2, -0.15) is 0 Å². The van der Waals surface area contributed by atoms with Crippen molar-refractivity contribution in [2.75, 3.05) is 81.8 Å². The van der Waals surface area contributed by atoms with Crippen LogP contribution >= 0.6 is 0 Å². The summed E-state index contributed by atoms with van der Waals surface area (Å²) in [5.74, 6) is -17.4. The average Bonchev–Trinajstić information content (AvgIpc) is 1.55. The lowest BCUT2D eigenvalue weighted by molar-refractivity contribution is -0.175. The number of rotatable bonds is 13. The number of esters is 2. The van der Waals surface area contributed by atoms with Crippen LogP contribution in [0.4, 0.5) is 5.69 Å². The molecule has 5 N–H and O–H groups in total. The second-order valence-corrected chi connectivity index (χ2v) is 30.8. The lowest BCUT2D eigenvalue weighted by atomic mass is 9.90. The number of nitrogens with zero attached hydrogens (tertiary/aromatic N) is 10. The second-order valence-electron chi connectivity index (χ2n) is 30.8. The topological polar surface area (TPSA) is 366 Å². The molecule has 0 aliphatic carbocycles. The zero-order chi connectivity index (χ0) is 79.9. The van der Waals surface area contributed by atoms with Crippen LogP contribution in [0.2, 0.25) is 0 Å². The van der Waals surface area contributed by atoms with Crippen LogP contribution in [0.5, 0.6) is 0 Å². The molecule has 0 radical (unpaired) electrons. The fourth-order valence-electron chi connectivity index (χ4n) is 14.6. The summed E-state index contributed by atoms with van der Waals surface area (Å²) in [6, 6.07) is -6.47. The van der Waals surface area contributed by atoms with E-state index in [1.807, 2.05) is 0 Å². The Bertz CT molecular complexity index is 3360. The Hall–Kier alpha value is -8.48. The molecule has 1 aromatic carbocycles. The van der Waals surface area contributed by atoms with E-state index in [2.05, 4.69) is 16.0 Å². The SMILES string of the molecule is CC[C@H](C)[C@@H]1NC(=O)[C@H](C(C)C)N(C)C(=O)[C@@H]2C[C@@]3(O)c4ccccc4N[C@H]3N2C(=O)CN(C)C(=O)[C@H]([C@@H](C)CC)N(C)C(=O)C(C(C)C)NC(=O)[C@@H](OC(C)=O)N(C)C(=O)[C@H]([C@@H](C)[C@H](C)OC(C)=O)N(C)C(=O)[C@H](C(C)(C)O)N(C)C(=O)CN(C)C(=O)[C@H](C(C)C)N(C)C(=O)[C@H](C(C)C)N(C)C1=O. The molecular formula is C73H119N13O18. The van der Waals surface area contributed by atoms with Crippen LogP contribution in [0.1, 0.15) is 149 Å². The molecule has 3 aliphatic heterocycles. The van der Waals surface area contributed by atoms with Gasteiger partial charge < -0.3 is 84.6 Å². The van der Waals surface area contributed by atoms with Gasteiger partial charge in [0.2, 0.25) is 65.0 Å². The summed E-state index contributed by atoms with van der Waals surface area (Å²) in [5.41, 5.74) is -3.19. The van der Waals surface area contributed by atoms with Gasteiger partial charge in [-0.15, -0.1) is 0 Å². The first-order valence-corrected chi connectivity index (χ1v) is 35.9. The number of anilines is 1. The molecule has 3 aliphatic rings. The normalized spacial score (nSPS) is 28.1. The first-order valence-electron chi connectivity index (χ1n) is 35.9. The van der Waals surface area contributed by atoms with E-state index in [0.717, 1.165) is 55.2 Å². The van der Waals surface area contributed by atoms with Crippen LogP contribution in [-0.4, -0.2) is 297 Å². The zero-order valence-electron chi connectivity index (χ0n) is 66.2. The van der Waals surface area contributed by atoms with Gasteiger partial charge in [0.15, 0.2) is 0 Å². The Morgan fingerprint density at radius 2 is 0.952 bits per heavy atom. The monoisotopic (exact) mass is 1470 g/mol. The molecule has 31 nitrogen and oxygen atoms in total. The Morgan fingerprint density at radius 1 is 0.510 bits per heavy atom. The summed E-state index contributed by atoms with van der Waals surface area (Å²) in [5, 5.41) is 33.4. The van der Waals surface area contributed by atoms with Crippen LogP contribution in [0.3, 0.4) is 0 Å². The van der Waals surface area contributed by atoms with Crippen LogP contribution < -0.4 is 16.0 Å². The summed E-state index contributed by atoms with van der Waals surface area (Å²) in [7, 11) is 11.5. The van der Waals surface area contributed by atoms with Crippen molar-refractivity contribution in [1.29, 1.82) is 0 Å². The van der Waals surface area contributed by atoms with E-state index in [1.54, 1.807) is 107 Å². The van der Waals surface area contributed by atoms with Gasteiger partial charge in [-0.25, -0.2) is 0 Å². The number of fused-ring (bicyclic) bond motifs is 5. The van der Waals surface area contributed by atoms with Gasteiger partial charge in [0.1, 0.15) is 72.2 Å². The Morgan fingerprint density at radius 3 is 1.44 bits per heavy atom. The largest absolute Gasteiger partial charge is 0.462 e. The number of carbonyl (C=O) groups excluding carboxylic acids is 14. The molecule has 2 saturated heterocycles. The van der Waals surface area contributed by atoms with Crippen molar-refractivity contribution in [3.63, 3.8) is 0 Å². The standard InChI is InChI=1S/C73H119N13O18/c1-28-41(11)53-64(95)81(23)56(40(9)10)67(98)82(24)55(39(7)8)65(96)77(19)35-50(89)79(21)59(72(17,18)101)69(100)84(26)58(43(13)44(14)103-45(15)87)68(99)85(27)70(104-46(16)88)61(92)75-52(37(3)4)63(94)83(25)57(42(12)29-2)66(97)78(20)36-51(90)86-49(62(93)80(22)54(38(5)6)60(91)76-53)34-73(102)47-32-30-31-33-48(47)74-71(73)86/h30-33,37-44,49,52-59,70-71,74,101-102H,28-29,34-36H2,1-27H3,(H,75,92)(H,76,91)/t41-,42-,43-,44-,49-,52?,53-,54-,55-,56-,57-,58-,59+,70+,71-,73+/m0/s1. The maximum absolute atomic E-state index is 15.5. The Kier molecular flexibility index (Phi) is 30.0. The van der Waals surface area contributed by atoms with E-state index >= 15 is 43.2 Å². The molecule has 584 valence electrons. The first kappa shape index (κ1) is 87.9. The number of aliphatic hydroxyl groups is 2. The highest BCUT2D eigenvalue weighted by Crippen LogP contribution is 2.50. The third kappa shape index (κ3) is 19.0. The molecule has 0 spiro atoms. The summed E-state index contributed by atoms with van der Waals surface area (Å²) < 4.78 is 11.1. The van der Waals surface area contributed by atoms with Gasteiger partial charge in [0, 0.05) is 101 Å². The van der Waals surface area contributed by atoms with E-state index in [4.69, 9.17) is 9.47 Å². The molecule has 4 rings (SSSR count). The maximum Gasteiger partial charge on any atom is 0.304 e. The fourth-order valence-corrected chi connectivity index (χ4v) is 14.6. The van der Waals surface area contributed by atoms with Crippen LogP contribution in [0, 0.1) is 41.4 Å². The van der Waals surface area contributed by atoms with E-state index in [-0.39, 0.29) is 6.42 Å². The van der Waals surface area contributed by atoms with Crippen molar-refractivity contribution in [2.24, 2.45) is 41.4 Å². The number of likely N-dealkylation sites (N-methyl/N-ethyl adjacent to an activating group) is 9. The number of ether oxygens (including phenoxy) is 2. The molecule has 1 aromatic rings. The van der Waals surface area contributed by atoms with E-state index in [9.17, 15) is 34.2 Å². The molecule has 0 saturated carbocycles. The predicted octanol–water partition coefficient (Wildman–Crippen LogP) is 1.51. The summed E-state index contributed by atoms with van der Waals surface area (Å²) >= 11 is 0. The maximum atomic E-state index is 15.5. The molecule has 0 aromatic heterocycles. The number of hydrogen-bond acceptors (Lipinski definition) is 19. The smallest absolute Gasteiger partial charge is 0.304 e. The third-order valence-electron chi connectivity index (χ3n) is 21.0. The number of amides is 12. The van der Waals surface area contributed by atoms with Crippen molar-refractivity contribution < 1.29 is 86.8 Å². The first-order chi connectivity index (χ1) is 47.9. The minimum absolute atomic E-state index is 0.290. The lowest BCUT2D eigenvalue weighted by Gasteiger charge is -2.43. The number of carbonyl (C=O) groups is 14. The minimum atomic E-state index is -2.20. The van der Waals surface area contributed by atoms with Crippen molar-refractivity contribution in [1.82, 2.24) is 59.6 Å². The molecule has 1 unspecified atom stereocenters. The van der Waals surface area contributed by atoms with E-state index in [1.165, 1.54) is 93.9 Å². The molecular weight excluding hydrogens is 1350 g/mol. The summed E-state index contributed by atoms with van der Waals surface area (Å²) in [4.78, 5) is 218. The van der Waals surface area contributed by atoms with Crippen LogP contribution in [0.15, 0.2) is 24.3 Å². The number of hydrogen-bond donors (Lipinski definition) is 5. The molecule has 16 atom stereocenters. The molecule has 0 bridgehead atoms. The van der Waals surface area contributed by atoms with E-state index < -0.39 is 221 Å². The fraction of sp³-hybridized carbons (Fsp3) is 0.726. The minimum Gasteiger partial charge on any atom is -0.462 e. The van der Waals surface area contributed by atoms with Crippen molar-refractivity contribution in [2.45, 2.75) is 228 Å². The van der Waals surface area contributed by atoms with Crippen molar-refractivity contribution in [3.05, 3.63) is 29.8 Å². The quantitative estimate of drug-likeness (QED) is 0.175. The van der Waals surface area contributed by atoms with Gasteiger partial charge in [-0.05, 0) is 62.3 Å². The zero-order valence-corrected chi connectivity index (χ0v) is 66.2. The lowest BCUT2D eigenvalue weighted by Crippen LogP contribution is -2.65. The number of para-hydroxylation sites is 1. The molecule has 2 fully saturated rings. The highest BCUT2D eigenvalue weighted by Gasteiger charge is 2.61.